The molecule has 1 heterocycles. The molecule has 17 heavy (non-hydrogen) atoms. The van der Waals surface area contributed by atoms with Crippen molar-refractivity contribution in [1.29, 1.82) is 0 Å². The van der Waals surface area contributed by atoms with Gasteiger partial charge in [0.1, 0.15) is 11.4 Å². The van der Waals surface area contributed by atoms with Crippen LogP contribution in [0.15, 0.2) is 9.95 Å². The van der Waals surface area contributed by atoms with Crippen LogP contribution in [0.3, 0.4) is 0 Å². The van der Waals surface area contributed by atoms with E-state index in [9.17, 15) is 9.59 Å². The molecule has 0 bridgehead atoms. The standard InChI is InChI=1S/C10H14N4O2S/c1-2-17-10-13-8(12-5-3-4-5)6(7(11)15)9(16)14-10/h5H,2-4H2,1H3,(H2,11,15)(H2,12,13,14,16). The Bertz CT molecular complexity index is 496. The lowest BCUT2D eigenvalue weighted by molar-refractivity contribution is 0.0999. The molecule has 1 fully saturated rings. The van der Waals surface area contributed by atoms with Gasteiger partial charge >= 0.3 is 0 Å². The summed E-state index contributed by atoms with van der Waals surface area (Å²) in [4.78, 5) is 29.7. The molecule has 1 aliphatic carbocycles. The van der Waals surface area contributed by atoms with Gasteiger partial charge in [-0.3, -0.25) is 9.59 Å². The van der Waals surface area contributed by atoms with Crippen LogP contribution >= 0.6 is 11.8 Å². The van der Waals surface area contributed by atoms with Gasteiger partial charge in [-0.15, -0.1) is 0 Å². The van der Waals surface area contributed by atoms with Gasteiger partial charge in [-0.2, -0.15) is 0 Å². The number of amides is 1. The lowest BCUT2D eigenvalue weighted by Gasteiger charge is -2.08. The fourth-order valence-electron chi connectivity index (χ4n) is 1.41. The number of aromatic amines is 1. The van der Waals surface area contributed by atoms with Crippen molar-refractivity contribution in [1.82, 2.24) is 9.97 Å². The van der Waals surface area contributed by atoms with Gasteiger partial charge in [0, 0.05) is 6.04 Å². The highest BCUT2D eigenvalue weighted by Gasteiger charge is 2.25. The number of H-pyrrole nitrogens is 1. The molecule has 1 aliphatic rings. The first-order valence-electron chi connectivity index (χ1n) is 5.45. The minimum absolute atomic E-state index is 0.0858. The largest absolute Gasteiger partial charge is 0.366 e. The number of aromatic nitrogens is 2. The highest BCUT2D eigenvalue weighted by atomic mass is 32.2. The number of anilines is 1. The number of rotatable bonds is 5. The first-order valence-corrected chi connectivity index (χ1v) is 6.43. The van der Waals surface area contributed by atoms with E-state index in [0.29, 0.717) is 17.0 Å². The maximum absolute atomic E-state index is 11.7. The van der Waals surface area contributed by atoms with Crippen molar-refractivity contribution in [2.24, 2.45) is 5.73 Å². The highest BCUT2D eigenvalue weighted by molar-refractivity contribution is 7.99. The van der Waals surface area contributed by atoms with Gasteiger partial charge in [-0.1, -0.05) is 18.7 Å². The van der Waals surface area contributed by atoms with E-state index in [2.05, 4.69) is 15.3 Å². The van der Waals surface area contributed by atoms with Crippen LogP contribution in [-0.4, -0.2) is 27.7 Å². The van der Waals surface area contributed by atoms with Gasteiger partial charge in [-0.05, 0) is 18.6 Å². The van der Waals surface area contributed by atoms with Crippen LogP contribution in [0.5, 0.6) is 0 Å². The molecule has 0 atom stereocenters. The van der Waals surface area contributed by atoms with E-state index in [4.69, 9.17) is 5.73 Å². The normalized spacial score (nSPS) is 14.6. The molecular weight excluding hydrogens is 240 g/mol. The van der Waals surface area contributed by atoms with Gasteiger partial charge < -0.3 is 16.0 Å². The average Bonchev–Trinajstić information content (AvgIpc) is 3.00. The molecule has 0 radical (unpaired) electrons. The maximum atomic E-state index is 11.7. The first kappa shape index (κ1) is 12.0. The summed E-state index contributed by atoms with van der Waals surface area (Å²) in [6.45, 7) is 1.96. The van der Waals surface area contributed by atoms with E-state index in [0.717, 1.165) is 18.6 Å². The Balaban J connectivity index is 2.41. The van der Waals surface area contributed by atoms with E-state index in [1.807, 2.05) is 6.92 Å². The molecule has 6 nitrogen and oxygen atoms in total. The predicted octanol–water partition coefficient (Wildman–Crippen LogP) is 0.555. The number of primary amides is 1. The molecule has 0 aliphatic heterocycles. The zero-order valence-electron chi connectivity index (χ0n) is 9.45. The second-order valence-corrected chi connectivity index (χ2v) is 5.06. The second kappa shape index (κ2) is 4.79. The molecule has 0 saturated heterocycles. The summed E-state index contributed by atoms with van der Waals surface area (Å²) in [6, 6.07) is 0.307. The lowest BCUT2D eigenvalue weighted by Crippen LogP contribution is -2.27. The molecule has 1 aromatic rings. The number of carbonyl (C=O) groups excluding carboxylic acids is 1. The number of hydrogen-bond acceptors (Lipinski definition) is 5. The third kappa shape index (κ3) is 2.79. The Labute approximate surface area is 102 Å². The quantitative estimate of drug-likeness (QED) is 0.526. The Morgan fingerprint density at radius 3 is 2.88 bits per heavy atom. The van der Waals surface area contributed by atoms with Gasteiger partial charge in [-0.25, -0.2) is 4.98 Å². The topological polar surface area (TPSA) is 101 Å². The Morgan fingerprint density at radius 2 is 2.35 bits per heavy atom. The summed E-state index contributed by atoms with van der Waals surface area (Å²) in [7, 11) is 0. The van der Waals surface area contributed by atoms with Gasteiger partial charge in [0.15, 0.2) is 5.16 Å². The third-order valence-corrected chi connectivity index (χ3v) is 3.10. The Morgan fingerprint density at radius 1 is 1.65 bits per heavy atom. The van der Waals surface area contributed by atoms with E-state index >= 15 is 0 Å². The molecule has 7 heteroatoms. The minimum atomic E-state index is -0.755. The second-order valence-electron chi connectivity index (χ2n) is 3.81. The van der Waals surface area contributed by atoms with Gasteiger partial charge in [0.05, 0.1) is 0 Å². The summed E-state index contributed by atoms with van der Waals surface area (Å²) in [5.74, 6) is 0.344. The first-order chi connectivity index (χ1) is 8.11. The summed E-state index contributed by atoms with van der Waals surface area (Å²) in [5, 5.41) is 3.57. The van der Waals surface area contributed by atoms with Gasteiger partial charge in [0.2, 0.25) is 0 Å². The number of nitrogens with one attached hydrogen (secondary N) is 2. The van der Waals surface area contributed by atoms with Crippen molar-refractivity contribution < 1.29 is 4.79 Å². The maximum Gasteiger partial charge on any atom is 0.266 e. The average molecular weight is 254 g/mol. The van der Waals surface area contributed by atoms with Crippen LogP contribution in [0.4, 0.5) is 5.82 Å². The monoisotopic (exact) mass is 254 g/mol. The molecule has 4 N–H and O–H groups in total. The van der Waals surface area contributed by atoms with E-state index < -0.39 is 11.5 Å². The molecule has 0 unspecified atom stereocenters. The third-order valence-electron chi connectivity index (χ3n) is 2.34. The summed E-state index contributed by atoms with van der Waals surface area (Å²) >= 11 is 1.41. The molecular formula is C10H14N4O2S. The number of carbonyl (C=O) groups is 1. The number of hydrogen-bond donors (Lipinski definition) is 3. The van der Waals surface area contributed by atoms with Crippen LogP contribution in [0.2, 0.25) is 0 Å². The van der Waals surface area contributed by atoms with Crippen molar-refractivity contribution >= 4 is 23.5 Å². The number of nitrogens with two attached hydrogens (primary N) is 1. The van der Waals surface area contributed by atoms with E-state index in [-0.39, 0.29) is 5.56 Å². The van der Waals surface area contributed by atoms with Crippen LogP contribution in [0.25, 0.3) is 0 Å². The molecule has 0 spiro atoms. The molecule has 1 saturated carbocycles. The van der Waals surface area contributed by atoms with Crippen molar-refractivity contribution in [2.75, 3.05) is 11.1 Å². The summed E-state index contributed by atoms with van der Waals surface area (Å²) in [5.41, 5.74) is 4.62. The predicted molar refractivity (Wildman–Crippen MR) is 66.4 cm³/mol. The van der Waals surface area contributed by atoms with Crippen LogP contribution in [-0.2, 0) is 0 Å². The van der Waals surface area contributed by atoms with Crippen LogP contribution in [0, 0.1) is 0 Å². The summed E-state index contributed by atoms with van der Waals surface area (Å²) in [6.07, 6.45) is 2.06. The SMILES string of the molecule is CCSc1nc(NC2CC2)c(C(N)=O)c(=O)[nH]1. The zero-order chi connectivity index (χ0) is 12.4. The van der Waals surface area contributed by atoms with E-state index in [1.165, 1.54) is 11.8 Å². The smallest absolute Gasteiger partial charge is 0.266 e. The van der Waals surface area contributed by atoms with E-state index in [1.54, 1.807) is 0 Å². The van der Waals surface area contributed by atoms with Crippen molar-refractivity contribution in [2.45, 2.75) is 31.0 Å². The highest BCUT2D eigenvalue weighted by Crippen LogP contribution is 2.25. The molecule has 1 amide bonds. The summed E-state index contributed by atoms with van der Waals surface area (Å²) < 4.78 is 0. The molecule has 92 valence electrons. The number of thioether (sulfide) groups is 1. The minimum Gasteiger partial charge on any atom is -0.366 e. The van der Waals surface area contributed by atoms with Crippen molar-refractivity contribution in [3.63, 3.8) is 0 Å². The molecule has 2 rings (SSSR count). The van der Waals surface area contributed by atoms with Crippen molar-refractivity contribution in [3.05, 3.63) is 15.9 Å². The van der Waals surface area contributed by atoms with Crippen LogP contribution < -0.4 is 16.6 Å². The lowest BCUT2D eigenvalue weighted by atomic mass is 10.3. The fourth-order valence-corrected chi connectivity index (χ4v) is 2.01. The Hall–Kier alpha value is -1.50. The van der Waals surface area contributed by atoms with Gasteiger partial charge in [0.25, 0.3) is 11.5 Å². The number of nitrogens with zero attached hydrogens (tertiary/aromatic N) is 1. The van der Waals surface area contributed by atoms with Crippen molar-refractivity contribution in [3.8, 4) is 0 Å². The Kier molecular flexibility index (Phi) is 3.37. The molecule has 0 aromatic carbocycles. The van der Waals surface area contributed by atoms with Crippen LogP contribution in [0.1, 0.15) is 30.1 Å². The molecule has 1 aromatic heterocycles. The zero-order valence-corrected chi connectivity index (χ0v) is 10.3. The fraction of sp³-hybridized carbons (Fsp3) is 0.500.